The zero-order chi connectivity index (χ0) is 34.2. The summed E-state index contributed by atoms with van der Waals surface area (Å²) < 4.78 is 35.1. The number of aryl methyl sites for hydroxylation is 1. The molecule has 2 aromatic carbocycles. The molecule has 0 saturated heterocycles. The molecule has 2 atom stereocenters. The Kier molecular flexibility index (Phi) is 10.3. The third kappa shape index (κ3) is 7.90. The predicted molar refractivity (Wildman–Crippen MR) is 188 cm³/mol. The predicted octanol–water partition coefficient (Wildman–Crippen LogP) is 7.95. The normalized spacial score (nSPS) is 14.0. The number of ether oxygens (including phenoxy) is 3. The largest absolute Gasteiger partial charge is 0.496 e. The summed E-state index contributed by atoms with van der Waals surface area (Å²) in [5, 5.41) is 10.4. The van der Waals surface area contributed by atoms with Crippen LogP contribution in [0.4, 0.5) is 4.79 Å². The van der Waals surface area contributed by atoms with E-state index in [-0.39, 0.29) is 12.5 Å². The second kappa shape index (κ2) is 13.3. The maximum atomic E-state index is 14.0. The average Bonchev–Trinajstić information content (AvgIpc) is 3.54. The van der Waals surface area contributed by atoms with Gasteiger partial charge in [0, 0.05) is 53.1 Å². The fourth-order valence-corrected chi connectivity index (χ4v) is 7.24. The van der Waals surface area contributed by atoms with Crippen LogP contribution >= 0.6 is 0 Å². The smallest absolute Gasteiger partial charge is 0.419 e. The third-order valence-corrected chi connectivity index (χ3v) is 11.5. The van der Waals surface area contributed by atoms with Crippen molar-refractivity contribution in [3.63, 3.8) is 0 Å². The molecule has 2 aromatic heterocycles. The zero-order valence-corrected chi connectivity index (χ0v) is 30.9. The number of imidazole rings is 1. The summed E-state index contributed by atoms with van der Waals surface area (Å²) >= 11 is 0. The van der Waals surface area contributed by atoms with Crippen molar-refractivity contribution in [2.24, 2.45) is 0 Å². The van der Waals surface area contributed by atoms with E-state index in [1.807, 2.05) is 71.2 Å². The van der Waals surface area contributed by atoms with Crippen LogP contribution in [0.15, 0.2) is 36.5 Å². The van der Waals surface area contributed by atoms with Gasteiger partial charge in [-0.25, -0.2) is 9.78 Å². The van der Waals surface area contributed by atoms with Gasteiger partial charge in [-0.15, -0.1) is 0 Å². The standard InChI is InChI=1S/C35H48N4O5SSi/c1-23-18-29(42-8)30(25-14-15-38(31(23)25)33(40)44-34(2,3)4)26(21-45(41)35(5,6)7)32-37-27-19-24(20-36)12-13-28(27)39(32)22-43-16-17-46(9,10)11/h12-15,18-19,26H,16-17,21-22H2,1-11H3. The number of nitriles is 1. The molecule has 9 nitrogen and oxygen atoms in total. The molecule has 0 amide bonds. The molecular weight excluding hydrogens is 617 g/mol. The Hall–Kier alpha value is -3.46. The molecular formula is C35H48N4O5SSi. The van der Waals surface area contributed by atoms with Gasteiger partial charge in [0.1, 0.15) is 23.9 Å². The van der Waals surface area contributed by atoms with Gasteiger partial charge in [-0.2, -0.15) is 5.26 Å². The molecule has 0 fully saturated rings. The lowest BCUT2D eigenvalue weighted by Crippen LogP contribution is -2.29. The molecule has 4 rings (SSSR count). The Morgan fingerprint density at radius 3 is 2.39 bits per heavy atom. The molecule has 0 N–H and O–H groups in total. The molecule has 0 saturated carbocycles. The van der Waals surface area contributed by atoms with Crippen LogP contribution in [-0.2, 0) is 27.0 Å². The fourth-order valence-electron chi connectivity index (χ4n) is 5.36. The molecule has 248 valence electrons. The van der Waals surface area contributed by atoms with Gasteiger partial charge in [0.25, 0.3) is 0 Å². The number of benzene rings is 2. The number of nitrogens with zero attached hydrogens (tertiary/aromatic N) is 4. The van der Waals surface area contributed by atoms with Gasteiger partial charge < -0.3 is 18.8 Å². The summed E-state index contributed by atoms with van der Waals surface area (Å²) in [7, 11) is -1.00. The first-order valence-corrected chi connectivity index (χ1v) is 20.7. The molecule has 11 heteroatoms. The number of carbonyl (C=O) groups is 1. The summed E-state index contributed by atoms with van der Waals surface area (Å²) in [4.78, 5) is 18.5. The van der Waals surface area contributed by atoms with Crippen LogP contribution in [0.25, 0.3) is 21.9 Å². The van der Waals surface area contributed by atoms with Crippen molar-refractivity contribution in [2.75, 3.05) is 19.5 Å². The lowest BCUT2D eigenvalue weighted by Gasteiger charge is -2.26. The highest BCUT2D eigenvalue weighted by molar-refractivity contribution is 7.86. The maximum absolute atomic E-state index is 14.0. The lowest BCUT2D eigenvalue weighted by molar-refractivity contribution is 0.0544. The van der Waals surface area contributed by atoms with Gasteiger partial charge in [-0.1, -0.05) is 19.6 Å². The van der Waals surface area contributed by atoms with E-state index in [2.05, 4.69) is 25.7 Å². The van der Waals surface area contributed by atoms with Crippen LogP contribution in [0.5, 0.6) is 5.75 Å². The molecule has 0 aliphatic rings. The molecule has 46 heavy (non-hydrogen) atoms. The maximum Gasteiger partial charge on any atom is 0.419 e. The number of carbonyl (C=O) groups excluding carboxylic acids is 1. The van der Waals surface area contributed by atoms with Crippen molar-refractivity contribution in [2.45, 2.75) is 97.1 Å². The number of methoxy groups -OCH3 is 1. The number of fused-ring (bicyclic) bond motifs is 2. The van der Waals surface area contributed by atoms with Crippen molar-refractivity contribution in [1.82, 2.24) is 14.1 Å². The van der Waals surface area contributed by atoms with Gasteiger partial charge in [-0.05, 0) is 90.4 Å². The van der Waals surface area contributed by atoms with Crippen molar-refractivity contribution in [3.05, 3.63) is 59.0 Å². The van der Waals surface area contributed by atoms with Gasteiger partial charge in [0.05, 0.1) is 41.2 Å². The van der Waals surface area contributed by atoms with E-state index in [1.165, 1.54) is 4.57 Å². The second-order valence-corrected chi connectivity index (χ2v) is 22.8. The average molecular weight is 665 g/mol. The Bertz CT molecular complexity index is 1820. The Morgan fingerprint density at radius 2 is 1.80 bits per heavy atom. The van der Waals surface area contributed by atoms with Crippen LogP contribution in [0.3, 0.4) is 0 Å². The van der Waals surface area contributed by atoms with E-state index in [0.717, 1.165) is 28.1 Å². The lowest BCUT2D eigenvalue weighted by atomic mass is 9.93. The van der Waals surface area contributed by atoms with E-state index >= 15 is 0 Å². The molecule has 0 bridgehead atoms. The van der Waals surface area contributed by atoms with Gasteiger partial charge in [0.2, 0.25) is 0 Å². The second-order valence-electron chi connectivity index (χ2n) is 15.0. The summed E-state index contributed by atoms with van der Waals surface area (Å²) in [6.45, 7) is 21.1. The molecule has 0 spiro atoms. The van der Waals surface area contributed by atoms with Crippen LogP contribution in [-0.4, -0.2) is 62.3 Å². The minimum Gasteiger partial charge on any atom is -0.496 e. The zero-order valence-electron chi connectivity index (χ0n) is 29.1. The van der Waals surface area contributed by atoms with Crippen molar-refractivity contribution in [1.29, 1.82) is 5.26 Å². The monoisotopic (exact) mass is 664 g/mol. The van der Waals surface area contributed by atoms with Crippen LogP contribution in [0, 0.1) is 18.3 Å². The first-order valence-electron chi connectivity index (χ1n) is 15.6. The van der Waals surface area contributed by atoms with Crippen molar-refractivity contribution < 1.29 is 23.2 Å². The minimum atomic E-state index is -1.33. The van der Waals surface area contributed by atoms with Crippen LogP contribution < -0.4 is 4.74 Å². The summed E-state index contributed by atoms with van der Waals surface area (Å²) in [6.07, 6.45) is 1.23. The summed E-state index contributed by atoms with van der Waals surface area (Å²) in [5.41, 5.74) is 3.61. The Labute approximate surface area is 276 Å². The summed E-state index contributed by atoms with van der Waals surface area (Å²) in [5.74, 6) is 1.01. The quantitative estimate of drug-likeness (QED) is 0.125. The Morgan fingerprint density at radius 1 is 1.11 bits per heavy atom. The van der Waals surface area contributed by atoms with E-state index in [9.17, 15) is 14.3 Å². The fraction of sp³-hybridized carbons (Fsp3) is 0.514. The van der Waals surface area contributed by atoms with E-state index in [4.69, 9.17) is 19.2 Å². The first kappa shape index (κ1) is 35.4. The van der Waals surface area contributed by atoms with E-state index < -0.39 is 41.2 Å². The number of rotatable bonds is 10. The van der Waals surface area contributed by atoms with E-state index in [1.54, 1.807) is 25.4 Å². The molecule has 0 aliphatic carbocycles. The number of hydrogen-bond acceptors (Lipinski definition) is 7. The first-order chi connectivity index (χ1) is 21.3. The van der Waals surface area contributed by atoms with Gasteiger partial charge in [-0.3, -0.25) is 8.78 Å². The van der Waals surface area contributed by atoms with Crippen LogP contribution in [0.2, 0.25) is 25.7 Å². The molecule has 0 aliphatic heterocycles. The summed E-state index contributed by atoms with van der Waals surface area (Å²) in [6, 6.07) is 12.5. The minimum absolute atomic E-state index is 0.247. The highest BCUT2D eigenvalue weighted by Crippen LogP contribution is 2.42. The molecule has 2 unspecified atom stereocenters. The SMILES string of the molecule is COc1cc(C)c2c(ccn2C(=O)OC(C)(C)C)c1C(CS(=O)C(C)(C)C)c1nc2cc(C#N)ccc2n1COCC[Si](C)(C)C. The molecule has 4 aromatic rings. The van der Waals surface area contributed by atoms with Crippen molar-refractivity contribution >= 4 is 46.9 Å². The topological polar surface area (TPSA) is 108 Å². The Balaban J connectivity index is 2.00. The van der Waals surface area contributed by atoms with Gasteiger partial charge in [0.15, 0.2) is 0 Å². The third-order valence-electron chi connectivity index (χ3n) is 7.76. The highest BCUT2D eigenvalue weighted by Gasteiger charge is 2.34. The van der Waals surface area contributed by atoms with Crippen LogP contribution in [0.1, 0.15) is 70.0 Å². The van der Waals surface area contributed by atoms with E-state index in [0.29, 0.717) is 34.8 Å². The number of hydrogen-bond donors (Lipinski definition) is 0. The molecule has 2 heterocycles. The molecule has 0 radical (unpaired) electrons. The highest BCUT2D eigenvalue weighted by atomic mass is 32.2. The number of aromatic nitrogens is 3. The van der Waals surface area contributed by atoms with Crippen molar-refractivity contribution in [3.8, 4) is 11.8 Å². The van der Waals surface area contributed by atoms with Gasteiger partial charge >= 0.3 is 6.09 Å².